The van der Waals surface area contributed by atoms with Crippen molar-refractivity contribution >= 4 is 6.09 Å². The molecule has 0 radical (unpaired) electrons. The SMILES string of the molecule is CC(C)(C)OC(=O)N1CCC(c2noc(C3CCCCO3)n2)(C(F)(F)F)CC1. The standard InChI is InChI=1S/C18H26F3N3O4/c1-16(2,3)27-15(25)24-9-7-17(8-10-24,18(19,20)21)14-22-13(28-23-14)12-6-4-5-11-26-12/h12H,4-11H2,1-3H3. The van der Waals surface area contributed by atoms with E-state index < -0.39 is 29.4 Å². The smallest absolute Gasteiger partial charge is 0.410 e. The molecule has 3 rings (SSSR count). The number of ether oxygens (including phenoxy) is 2. The van der Waals surface area contributed by atoms with E-state index in [2.05, 4.69) is 10.1 Å². The Labute approximate surface area is 161 Å². The van der Waals surface area contributed by atoms with Crippen molar-refractivity contribution in [1.29, 1.82) is 0 Å². The summed E-state index contributed by atoms with van der Waals surface area (Å²) in [7, 11) is 0. The van der Waals surface area contributed by atoms with Gasteiger partial charge >= 0.3 is 12.3 Å². The highest BCUT2D eigenvalue weighted by Gasteiger charge is 2.60. The Hall–Kier alpha value is -1.84. The first-order valence-electron chi connectivity index (χ1n) is 9.52. The molecule has 2 aliphatic rings. The van der Waals surface area contributed by atoms with E-state index in [1.807, 2.05) is 0 Å². The molecule has 1 aromatic rings. The largest absolute Gasteiger partial charge is 0.444 e. The van der Waals surface area contributed by atoms with E-state index in [4.69, 9.17) is 14.0 Å². The zero-order valence-corrected chi connectivity index (χ0v) is 16.3. The minimum absolute atomic E-state index is 0.0906. The number of likely N-dealkylation sites (tertiary alicyclic amines) is 1. The Balaban J connectivity index is 1.77. The van der Waals surface area contributed by atoms with E-state index in [1.54, 1.807) is 20.8 Å². The van der Waals surface area contributed by atoms with Gasteiger partial charge in [0.1, 0.15) is 17.1 Å². The summed E-state index contributed by atoms with van der Waals surface area (Å²) in [4.78, 5) is 17.5. The zero-order chi connectivity index (χ0) is 20.6. The lowest BCUT2D eigenvalue weighted by Gasteiger charge is -2.40. The van der Waals surface area contributed by atoms with Crippen molar-refractivity contribution < 1.29 is 32.0 Å². The number of hydrogen-bond donors (Lipinski definition) is 0. The molecule has 0 aliphatic carbocycles. The van der Waals surface area contributed by atoms with Crippen molar-refractivity contribution in [3.63, 3.8) is 0 Å². The lowest BCUT2D eigenvalue weighted by molar-refractivity contribution is -0.205. The maximum absolute atomic E-state index is 14.0. The van der Waals surface area contributed by atoms with E-state index in [1.165, 1.54) is 4.90 Å². The normalized spacial score (nSPS) is 23.5. The van der Waals surface area contributed by atoms with Crippen molar-refractivity contribution in [2.24, 2.45) is 0 Å². The van der Waals surface area contributed by atoms with E-state index in [-0.39, 0.29) is 37.6 Å². The van der Waals surface area contributed by atoms with Crippen molar-refractivity contribution in [2.45, 2.75) is 76.2 Å². The van der Waals surface area contributed by atoms with Crippen LogP contribution in [0.2, 0.25) is 0 Å². The fourth-order valence-corrected chi connectivity index (χ4v) is 3.53. The first-order chi connectivity index (χ1) is 13.0. The lowest BCUT2D eigenvalue weighted by atomic mass is 9.77. The minimum Gasteiger partial charge on any atom is -0.444 e. The summed E-state index contributed by atoms with van der Waals surface area (Å²) in [5.41, 5.74) is -2.96. The molecular weight excluding hydrogens is 379 g/mol. The van der Waals surface area contributed by atoms with Crippen LogP contribution < -0.4 is 0 Å². The number of aromatic nitrogens is 2. The average molecular weight is 405 g/mol. The predicted octanol–water partition coefficient (Wildman–Crippen LogP) is 4.14. The molecule has 1 unspecified atom stereocenters. The monoisotopic (exact) mass is 405 g/mol. The summed E-state index contributed by atoms with van der Waals surface area (Å²) in [6, 6.07) is 0. The molecule has 1 aromatic heterocycles. The van der Waals surface area contributed by atoms with E-state index in [0.29, 0.717) is 13.0 Å². The van der Waals surface area contributed by atoms with Gasteiger partial charge in [0.2, 0.25) is 0 Å². The number of hydrogen-bond acceptors (Lipinski definition) is 6. The van der Waals surface area contributed by atoms with Gasteiger partial charge in [0.05, 0.1) is 0 Å². The molecule has 2 aliphatic heterocycles. The van der Waals surface area contributed by atoms with E-state index in [0.717, 1.165) is 12.8 Å². The minimum atomic E-state index is -4.57. The Morgan fingerprint density at radius 3 is 2.43 bits per heavy atom. The molecule has 2 saturated heterocycles. The number of carbonyl (C=O) groups excluding carboxylic acids is 1. The molecule has 0 aromatic carbocycles. The van der Waals surface area contributed by atoms with Gasteiger partial charge in [-0.1, -0.05) is 5.16 Å². The van der Waals surface area contributed by atoms with Gasteiger partial charge < -0.3 is 18.9 Å². The third-order valence-electron chi connectivity index (χ3n) is 5.14. The first kappa shape index (κ1) is 20.9. The van der Waals surface area contributed by atoms with Crippen LogP contribution in [0, 0.1) is 0 Å². The second-order valence-corrected chi connectivity index (χ2v) is 8.36. The molecule has 0 bridgehead atoms. The first-order valence-corrected chi connectivity index (χ1v) is 9.52. The fourth-order valence-electron chi connectivity index (χ4n) is 3.53. The number of halogens is 3. The van der Waals surface area contributed by atoms with Crippen LogP contribution in [-0.2, 0) is 14.9 Å². The molecule has 2 fully saturated rings. The Kier molecular flexibility index (Phi) is 5.62. The zero-order valence-electron chi connectivity index (χ0n) is 16.3. The van der Waals surface area contributed by atoms with Gasteiger partial charge in [0.25, 0.3) is 5.89 Å². The number of rotatable bonds is 2. The molecule has 0 saturated carbocycles. The van der Waals surface area contributed by atoms with Crippen molar-refractivity contribution in [3.05, 3.63) is 11.7 Å². The van der Waals surface area contributed by atoms with Gasteiger partial charge in [-0.2, -0.15) is 18.2 Å². The van der Waals surface area contributed by atoms with Crippen LogP contribution in [0.5, 0.6) is 0 Å². The lowest BCUT2D eigenvalue weighted by Crippen LogP contribution is -2.53. The predicted molar refractivity (Wildman–Crippen MR) is 91.6 cm³/mol. The fraction of sp³-hybridized carbons (Fsp3) is 0.833. The molecule has 28 heavy (non-hydrogen) atoms. The van der Waals surface area contributed by atoms with Gasteiger partial charge in [0, 0.05) is 19.7 Å². The van der Waals surface area contributed by atoms with Gasteiger partial charge in [-0.3, -0.25) is 0 Å². The second kappa shape index (κ2) is 7.53. The summed E-state index contributed by atoms with van der Waals surface area (Å²) in [5.74, 6) is -0.291. The molecule has 1 amide bonds. The number of piperidine rings is 1. The maximum Gasteiger partial charge on any atom is 0.410 e. The van der Waals surface area contributed by atoms with Gasteiger partial charge in [-0.15, -0.1) is 0 Å². The van der Waals surface area contributed by atoms with E-state index >= 15 is 0 Å². The molecule has 158 valence electrons. The number of alkyl halides is 3. The second-order valence-electron chi connectivity index (χ2n) is 8.36. The van der Waals surface area contributed by atoms with Crippen LogP contribution in [0.4, 0.5) is 18.0 Å². The number of carbonyl (C=O) groups is 1. The summed E-state index contributed by atoms with van der Waals surface area (Å²) < 4.78 is 58.1. The molecule has 10 heteroatoms. The Morgan fingerprint density at radius 2 is 1.89 bits per heavy atom. The third-order valence-corrected chi connectivity index (χ3v) is 5.14. The van der Waals surface area contributed by atoms with Crippen LogP contribution in [0.1, 0.15) is 70.7 Å². The Morgan fingerprint density at radius 1 is 1.21 bits per heavy atom. The van der Waals surface area contributed by atoms with Crippen molar-refractivity contribution in [3.8, 4) is 0 Å². The van der Waals surface area contributed by atoms with Crippen LogP contribution in [0.15, 0.2) is 4.52 Å². The molecular formula is C18H26F3N3O4. The summed E-state index contributed by atoms with van der Waals surface area (Å²) in [6.45, 7) is 5.46. The van der Waals surface area contributed by atoms with Crippen molar-refractivity contribution in [2.75, 3.05) is 19.7 Å². The highest BCUT2D eigenvalue weighted by molar-refractivity contribution is 5.68. The van der Waals surface area contributed by atoms with E-state index in [9.17, 15) is 18.0 Å². The molecule has 1 atom stereocenters. The molecule has 3 heterocycles. The topological polar surface area (TPSA) is 77.7 Å². The van der Waals surface area contributed by atoms with Crippen LogP contribution >= 0.6 is 0 Å². The van der Waals surface area contributed by atoms with Gasteiger partial charge in [0.15, 0.2) is 5.82 Å². The summed E-state index contributed by atoms with van der Waals surface area (Å²) in [6.07, 6.45) is -3.88. The van der Waals surface area contributed by atoms with Gasteiger partial charge in [-0.05, 0) is 52.9 Å². The maximum atomic E-state index is 14.0. The molecule has 7 nitrogen and oxygen atoms in total. The summed E-state index contributed by atoms with van der Waals surface area (Å²) in [5, 5.41) is 3.66. The quantitative estimate of drug-likeness (QED) is 0.736. The number of amides is 1. The van der Waals surface area contributed by atoms with Crippen molar-refractivity contribution in [1.82, 2.24) is 15.0 Å². The highest BCUT2D eigenvalue weighted by atomic mass is 19.4. The number of nitrogens with zero attached hydrogens (tertiary/aromatic N) is 3. The molecule has 0 N–H and O–H groups in total. The molecule has 0 spiro atoms. The van der Waals surface area contributed by atoms with Crippen LogP contribution in [0.3, 0.4) is 0 Å². The third kappa shape index (κ3) is 4.26. The highest BCUT2D eigenvalue weighted by Crippen LogP contribution is 2.47. The summed E-state index contributed by atoms with van der Waals surface area (Å²) >= 11 is 0. The average Bonchev–Trinajstić information content (AvgIpc) is 3.10. The Bertz CT molecular complexity index is 685. The van der Waals surface area contributed by atoms with Crippen LogP contribution in [0.25, 0.3) is 0 Å². The van der Waals surface area contributed by atoms with Crippen LogP contribution in [-0.4, -0.2) is 52.6 Å². The van der Waals surface area contributed by atoms with Gasteiger partial charge in [-0.25, -0.2) is 4.79 Å².